The van der Waals surface area contributed by atoms with Gasteiger partial charge < -0.3 is 14.3 Å². The molecule has 30 heavy (non-hydrogen) atoms. The Hall–Kier alpha value is -3.51. The fourth-order valence-electron chi connectivity index (χ4n) is 3.47. The number of halogens is 1. The van der Waals surface area contributed by atoms with Crippen molar-refractivity contribution in [2.75, 3.05) is 12.0 Å². The molecule has 1 fully saturated rings. The average Bonchev–Trinajstić information content (AvgIpc) is 3.29. The number of aliphatic hydroxyl groups excluding tert-OH is 1. The van der Waals surface area contributed by atoms with E-state index in [-0.39, 0.29) is 11.3 Å². The minimum atomic E-state index is -0.914. The number of rotatable bonds is 4. The fourth-order valence-corrected chi connectivity index (χ4v) is 3.60. The van der Waals surface area contributed by atoms with Crippen LogP contribution in [0.1, 0.15) is 23.1 Å². The van der Waals surface area contributed by atoms with Crippen molar-refractivity contribution in [3.63, 3.8) is 0 Å². The highest BCUT2D eigenvalue weighted by Crippen LogP contribution is 2.43. The molecule has 0 spiro atoms. The number of benzene rings is 2. The maximum Gasteiger partial charge on any atom is 0.300 e. The Balaban J connectivity index is 1.90. The number of ether oxygens (including phenoxy) is 1. The molecule has 7 heteroatoms. The van der Waals surface area contributed by atoms with E-state index in [9.17, 15) is 14.7 Å². The van der Waals surface area contributed by atoms with Crippen molar-refractivity contribution < 1.29 is 23.8 Å². The van der Waals surface area contributed by atoms with E-state index in [2.05, 4.69) is 0 Å². The van der Waals surface area contributed by atoms with Gasteiger partial charge in [0.2, 0.25) is 0 Å². The van der Waals surface area contributed by atoms with Crippen molar-refractivity contribution in [2.24, 2.45) is 0 Å². The van der Waals surface area contributed by atoms with E-state index in [1.807, 2.05) is 0 Å². The van der Waals surface area contributed by atoms with Gasteiger partial charge in [0.25, 0.3) is 11.7 Å². The number of nitrogens with zero attached hydrogens (tertiary/aromatic N) is 1. The summed E-state index contributed by atoms with van der Waals surface area (Å²) in [5.74, 6) is -0.233. The molecule has 1 unspecified atom stereocenters. The maximum absolute atomic E-state index is 13.0. The Morgan fingerprint density at radius 3 is 2.27 bits per heavy atom. The molecule has 0 aliphatic carbocycles. The van der Waals surface area contributed by atoms with Gasteiger partial charge in [-0.1, -0.05) is 11.6 Å². The zero-order valence-corrected chi connectivity index (χ0v) is 17.0. The van der Waals surface area contributed by atoms with E-state index in [1.54, 1.807) is 74.7 Å². The number of aryl methyl sites for hydroxylation is 1. The summed E-state index contributed by atoms with van der Waals surface area (Å²) in [7, 11) is 1.54. The molecular formula is C23H18ClNO5. The Labute approximate surface area is 177 Å². The third-order valence-corrected chi connectivity index (χ3v) is 5.20. The second-order valence-electron chi connectivity index (χ2n) is 6.82. The zero-order chi connectivity index (χ0) is 21.4. The minimum absolute atomic E-state index is 0.0486. The van der Waals surface area contributed by atoms with E-state index >= 15 is 0 Å². The summed E-state index contributed by atoms with van der Waals surface area (Å²) in [6.45, 7) is 1.77. The third-order valence-electron chi connectivity index (χ3n) is 4.94. The molecule has 1 aromatic heterocycles. The lowest BCUT2D eigenvalue weighted by Gasteiger charge is -2.23. The number of ketones is 1. The van der Waals surface area contributed by atoms with E-state index in [0.717, 1.165) is 0 Å². The first-order valence-corrected chi connectivity index (χ1v) is 9.56. The van der Waals surface area contributed by atoms with Gasteiger partial charge in [-0.3, -0.25) is 14.5 Å². The quantitative estimate of drug-likeness (QED) is 0.367. The molecule has 4 rings (SSSR count). The number of hydrogen-bond acceptors (Lipinski definition) is 5. The normalized spacial score (nSPS) is 18.1. The van der Waals surface area contributed by atoms with Crippen LogP contribution in [0.15, 0.2) is 70.7 Å². The number of carbonyl (C=O) groups excluding carboxylic acids is 2. The Bertz CT molecular complexity index is 1150. The molecule has 1 aliphatic heterocycles. The van der Waals surface area contributed by atoms with Gasteiger partial charge in [0.15, 0.2) is 0 Å². The van der Waals surface area contributed by atoms with Crippen LogP contribution in [0.4, 0.5) is 5.69 Å². The first-order valence-electron chi connectivity index (χ1n) is 9.18. The highest BCUT2D eigenvalue weighted by Gasteiger charge is 2.48. The molecular weight excluding hydrogens is 406 g/mol. The molecule has 0 radical (unpaired) electrons. The van der Waals surface area contributed by atoms with Crippen molar-refractivity contribution in [3.05, 3.63) is 88.3 Å². The highest BCUT2D eigenvalue weighted by molar-refractivity contribution is 6.51. The monoisotopic (exact) mass is 423 g/mol. The standard InChI is InChI=1S/C23H18ClNO5/c1-13-3-12-18(30-13)20-19(21(26)14-4-6-15(24)7-5-14)22(27)23(28)25(20)16-8-10-17(29-2)11-9-16/h3-12,20,26H,1-2H3/b21-19-. The lowest BCUT2D eigenvalue weighted by molar-refractivity contribution is -0.132. The number of aliphatic hydroxyl groups is 1. The SMILES string of the molecule is COc1ccc(N2C(=O)C(=O)/C(=C(\O)c3ccc(Cl)cc3)C2c2ccc(C)o2)cc1. The lowest BCUT2D eigenvalue weighted by Crippen LogP contribution is -2.29. The summed E-state index contributed by atoms with van der Waals surface area (Å²) in [4.78, 5) is 27.3. The van der Waals surface area contributed by atoms with Crippen LogP contribution in [0.3, 0.4) is 0 Å². The molecule has 1 aliphatic rings. The maximum atomic E-state index is 13.0. The Morgan fingerprint density at radius 2 is 1.70 bits per heavy atom. The molecule has 152 valence electrons. The predicted octanol–water partition coefficient (Wildman–Crippen LogP) is 4.88. The zero-order valence-electron chi connectivity index (χ0n) is 16.3. The number of furan rings is 1. The van der Waals surface area contributed by atoms with E-state index in [1.165, 1.54) is 4.90 Å². The van der Waals surface area contributed by atoms with Crippen LogP contribution in [0.2, 0.25) is 5.02 Å². The highest BCUT2D eigenvalue weighted by atomic mass is 35.5. The van der Waals surface area contributed by atoms with Gasteiger partial charge in [-0.25, -0.2) is 0 Å². The van der Waals surface area contributed by atoms with Gasteiger partial charge in [-0.05, 0) is 67.6 Å². The predicted molar refractivity (Wildman–Crippen MR) is 113 cm³/mol. The molecule has 2 aromatic carbocycles. The topological polar surface area (TPSA) is 80.0 Å². The van der Waals surface area contributed by atoms with Crippen molar-refractivity contribution in [2.45, 2.75) is 13.0 Å². The summed E-state index contributed by atoms with van der Waals surface area (Å²) in [5, 5.41) is 11.4. The van der Waals surface area contributed by atoms with Gasteiger partial charge in [-0.2, -0.15) is 0 Å². The summed E-state index contributed by atoms with van der Waals surface area (Å²) in [6, 6.07) is 15.6. The molecule has 2 heterocycles. The third kappa shape index (κ3) is 3.35. The van der Waals surface area contributed by atoms with Crippen LogP contribution in [0.5, 0.6) is 5.75 Å². The second-order valence-corrected chi connectivity index (χ2v) is 7.26. The largest absolute Gasteiger partial charge is 0.507 e. The van der Waals surface area contributed by atoms with Crippen LogP contribution in [0, 0.1) is 6.92 Å². The van der Waals surface area contributed by atoms with Gasteiger partial charge in [0, 0.05) is 16.3 Å². The van der Waals surface area contributed by atoms with Gasteiger partial charge >= 0.3 is 0 Å². The van der Waals surface area contributed by atoms with Gasteiger partial charge in [0.1, 0.15) is 29.1 Å². The van der Waals surface area contributed by atoms with E-state index < -0.39 is 17.7 Å². The van der Waals surface area contributed by atoms with E-state index in [0.29, 0.717) is 33.5 Å². The summed E-state index contributed by atoms with van der Waals surface area (Å²) < 4.78 is 10.9. The van der Waals surface area contributed by atoms with Crippen LogP contribution in [-0.4, -0.2) is 23.9 Å². The number of anilines is 1. The van der Waals surface area contributed by atoms with Gasteiger partial charge in [-0.15, -0.1) is 0 Å². The van der Waals surface area contributed by atoms with Crippen LogP contribution in [0.25, 0.3) is 5.76 Å². The Morgan fingerprint density at radius 1 is 1.03 bits per heavy atom. The lowest BCUT2D eigenvalue weighted by atomic mass is 9.99. The first-order chi connectivity index (χ1) is 14.4. The summed E-state index contributed by atoms with van der Waals surface area (Å²) in [5.41, 5.74) is 0.806. The minimum Gasteiger partial charge on any atom is -0.507 e. The molecule has 1 N–H and O–H groups in total. The number of methoxy groups -OCH3 is 1. The first kappa shape index (κ1) is 19.8. The molecule has 0 saturated carbocycles. The molecule has 1 atom stereocenters. The fraction of sp³-hybridized carbons (Fsp3) is 0.130. The van der Waals surface area contributed by atoms with Gasteiger partial charge in [0.05, 0.1) is 12.7 Å². The van der Waals surface area contributed by atoms with Crippen LogP contribution >= 0.6 is 11.6 Å². The summed E-state index contributed by atoms with van der Waals surface area (Å²) in [6.07, 6.45) is 0. The second kappa shape index (κ2) is 7.72. The van der Waals surface area contributed by atoms with Crippen LogP contribution in [-0.2, 0) is 9.59 Å². The number of carbonyl (C=O) groups is 2. The van der Waals surface area contributed by atoms with Crippen molar-refractivity contribution in [1.29, 1.82) is 0 Å². The molecule has 1 amide bonds. The molecule has 3 aromatic rings. The average molecular weight is 424 g/mol. The number of amides is 1. The van der Waals surface area contributed by atoms with Crippen molar-refractivity contribution >= 4 is 34.7 Å². The van der Waals surface area contributed by atoms with Crippen molar-refractivity contribution in [3.8, 4) is 5.75 Å². The Kier molecular flexibility index (Phi) is 5.10. The summed E-state index contributed by atoms with van der Waals surface area (Å²) >= 11 is 5.93. The molecule has 6 nitrogen and oxygen atoms in total. The molecule has 0 bridgehead atoms. The number of Topliss-reactive ketones (excluding diaryl/α,β-unsaturated/α-hetero) is 1. The molecule has 1 saturated heterocycles. The van der Waals surface area contributed by atoms with Crippen molar-refractivity contribution in [1.82, 2.24) is 0 Å². The van der Waals surface area contributed by atoms with E-state index in [4.69, 9.17) is 20.8 Å². The number of hydrogen-bond donors (Lipinski definition) is 1. The smallest absolute Gasteiger partial charge is 0.300 e. The van der Waals surface area contributed by atoms with Crippen LogP contribution < -0.4 is 9.64 Å².